The minimum Gasteiger partial charge on any atom is -0.333 e. The highest BCUT2D eigenvalue weighted by Crippen LogP contribution is 2.26. The van der Waals surface area contributed by atoms with Crippen molar-refractivity contribution in [3.05, 3.63) is 27.1 Å². The van der Waals surface area contributed by atoms with Crippen LogP contribution in [0.5, 0.6) is 0 Å². The lowest BCUT2D eigenvalue weighted by Gasteiger charge is -2.19. The largest absolute Gasteiger partial charge is 0.333 e. The molecule has 5 nitrogen and oxygen atoms in total. The van der Waals surface area contributed by atoms with Crippen molar-refractivity contribution in [2.45, 2.75) is 6.42 Å². The van der Waals surface area contributed by atoms with E-state index in [9.17, 15) is 9.59 Å². The molecule has 7 heteroatoms. The van der Waals surface area contributed by atoms with Gasteiger partial charge >= 0.3 is 11.8 Å². The van der Waals surface area contributed by atoms with Crippen LogP contribution in [0.3, 0.4) is 0 Å². The fourth-order valence-electron chi connectivity index (χ4n) is 1.96. The lowest BCUT2D eigenvalue weighted by molar-refractivity contribution is -0.143. The van der Waals surface area contributed by atoms with Gasteiger partial charge in [0.25, 0.3) is 0 Å². The fourth-order valence-corrected chi connectivity index (χ4v) is 2.67. The molecular weight excluding hydrogens is 390 g/mol. The quantitative estimate of drug-likeness (QED) is 0.703. The molecule has 20 heavy (non-hydrogen) atoms. The third-order valence-corrected chi connectivity index (χ3v) is 4.18. The Labute approximate surface area is 134 Å². The topological polar surface area (TPSA) is 61.4 Å². The third-order valence-electron chi connectivity index (χ3n) is 3.00. The third kappa shape index (κ3) is 4.04. The van der Waals surface area contributed by atoms with Gasteiger partial charge in [-0.05, 0) is 47.1 Å². The van der Waals surface area contributed by atoms with Gasteiger partial charge in [0.1, 0.15) is 0 Å². The van der Waals surface area contributed by atoms with Crippen molar-refractivity contribution in [2.75, 3.05) is 31.5 Å². The molecule has 0 aromatic heterocycles. The van der Waals surface area contributed by atoms with E-state index >= 15 is 0 Å². The van der Waals surface area contributed by atoms with E-state index in [4.69, 9.17) is 0 Å². The van der Waals surface area contributed by atoms with E-state index in [2.05, 4.69) is 42.5 Å². The number of hydrogen-bond donors (Lipinski definition) is 2. The molecule has 1 fully saturated rings. The smallest absolute Gasteiger partial charge is 0.313 e. The molecule has 2 rings (SSSR count). The average Bonchev–Trinajstić information content (AvgIpc) is 2.71. The first kappa shape index (κ1) is 15.5. The summed E-state index contributed by atoms with van der Waals surface area (Å²) >= 11 is 6.68. The van der Waals surface area contributed by atoms with Crippen molar-refractivity contribution < 1.29 is 9.59 Å². The van der Waals surface area contributed by atoms with Crippen LogP contribution in [-0.4, -0.2) is 42.9 Å². The Hall–Kier alpha value is -0.920. The number of benzene rings is 1. The SMILES string of the molecule is O=C(Nc1cc(Br)ccc1Br)C(=O)N1CCCNCC1. The highest BCUT2D eigenvalue weighted by atomic mass is 79.9. The molecule has 2 amide bonds. The average molecular weight is 405 g/mol. The van der Waals surface area contributed by atoms with Crippen LogP contribution in [-0.2, 0) is 9.59 Å². The van der Waals surface area contributed by atoms with Crippen LogP contribution in [0.15, 0.2) is 27.1 Å². The minimum atomic E-state index is -0.606. The number of halogens is 2. The maximum absolute atomic E-state index is 12.1. The molecule has 0 aliphatic carbocycles. The van der Waals surface area contributed by atoms with Gasteiger partial charge in [0.15, 0.2) is 0 Å². The molecule has 0 unspecified atom stereocenters. The Morgan fingerprint density at radius 2 is 2.00 bits per heavy atom. The van der Waals surface area contributed by atoms with Crippen molar-refractivity contribution in [1.82, 2.24) is 10.2 Å². The lowest BCUT2D eigenvalue weighted by Crippen LogP contribution is -2.41. The molecule has 1 saturated heterocycles. The predicted molar refractivity (Wildman–Crippen MR) is 84.5 cm³/mol. The van der Waals surface area contributed by atoms with Gasteiger partial charge in [0.05, 0.1) is 5.69 Å². The van der Waals surface area contributed by atoms with Crippen molar-refractivity contribution >= 4 is 49.4 Å². The van der Waals surface area contributed by atoms with Gasteiger partial charge in [-0.25, -0.2) is 0 Å². The molecule has 0 bridgehead atoms. The first-order chi connectivity index (χ1) is 9.58. The van der Waals surface area contributed by atoms with Gasteiger partial charge in [0.2, 0.25) is 0 Å². The summed E-state index contributed by atoms with van der Waals surface area (Å²) < 4.78 is 1.57. The summed E-state index contributed by atoms with van der Waals surface area (Å²) in [5.74, 6) is -1.09. The van der Waals surface area contributed by atoms with Crippen molar-refractivity contribution in [3.8, 4) is 0 Å². The summed E-state index contributed by atoms with van der Waals surface area (Å²) in [6, 6.07) is 5.40. The van der Waals surface area contributed by atoms with Gasteiger partial charge in [-0.2, -0.15) is 0 Å². The van der Waals surface area contributed by atoms with E-state index in [1.165, 1.54) is 0 Å². The first-order valence-electron chi connectivity index (χ1n) is 6.34. The first-order valence-corrected chi connectivity index (χ1v) is 7.92. The molecule has 0 atom stereocenters. The van der Waals surface area contributed by atoms with E-state index in [1.807, 2.05) is 6.07 Å². The molecule has 2 N–H and O–H groups in total. The molecule has 1 heterocycles. The van der Waals surface area contributed by atoms with E-state index in [-0.39, 0.29) is 0 Å². The number of hydrogen-bond acceptors (Lipinski definition) is 3. The van der Waals surface area contributed by atoms with Crippen LogP contribution in [0.1, 0.15) is 6.42 Å². The summed E-state index contributed by atoms with van der Waals surface area (Å²) in [4.78, 5) is 25.7. The zero-order chi connectivity index (χ0) is 14.5. The van der Waals surface area contributed by atoms with Crippen LogP contribution in [0, 0.1) is 0 Å². The number of carbonyl (C=O) groups excluding carboxylic acids is 2. The van der Waals surface area contributed by atoms with Crippen LogP contribution in [0.2, 0.25) is 0 Å². The molecule has 1 aromatic carbocycles. The Balaban J connectivity index is 2.03. The Kier molecular flexibility index (Phi) is 5.56. The summed E-state index contributed by atoms with van der Waals surface area (Å²) in [5, 5.41) is 5.84. The fraction of sp³-hybridized carbons (Fsp3) is 0.385. The highest BCUT2D eigenvalue weighted by molar-refractivity contribution is 9.11. The van der Waals surface area contributed by atoms with E-state index in [1.54, 1.807) is 17.0 Å². The van der Waals surface area contributed by atoms with Gasteiger partial charge in [-0.1, -0.05) is 15.9 Å². The van der Waals surface area contributed by atoms with Crippen LogP contribution in [0.4, 0.5) is 5.69 Å². The summed E-state index contributed by atoms with van der Waals surface area (Å²) in [6.45, 7) is 2.77. The molecule has 0 spiro atoms. The number of amides is 2. The second-order valence-corrected chi connectivity index (χ2v) is 6.24. The zero-order valence-corrected chi connectivity index (χ0v) is 14.0. The van der Waals surface area contributed by atoms with Gasteiger partial charge in [-0.15, -0.1) is 0 Å². The maximum Gasteiger partial charge on any atom is 0.313 e. The second-order valence-electron chi connectivity index (χ2n) is 4.47. The lowest BCUT2D eigenvalue weighted by atomic mass is 10.3. The summed E-state index contributed by atoms with van der Waals surface area (Å²) in [7, 11) is 0. The number of carbonyl (C=O) groups is 2. The van der Waals surface area contributed by atoms with Crippen molar-refractivity contribution in [1.29, 1.82) is 0 Å². The van der Waals surface area contributed by atoms with E-state index in [0.29, 0.717) is 18.8 Å². The molecule has 0 radical (unpaired) electrons. The predicted octanol–water partition coefficient (Wildman–Crippen LogP) is 1.97. The minimum absolute atomic E-state index is 0.486. The summed E-state index contributed by atoms with van der Waals surface area (Å²) in [5.41, 5.74) is 0.575. The standard InChI is InChI=1S/C13H15Br2N3O2/c14-9-2-3-10(15)11(8-9)17-12(19)13(20)18-6-1-4-16-5-7-18/h2-3,8,16H,1,4-7H2,(H,17,19). The molecule has 108 valence electrons. The van der Waals surface area contributed by atoms with Crippen LogP contribution in [0.25, 0.3) is 0 Å². The monoisotopic (exact) mass is 403 g/mol. The molecule has 1 aliphatic rings. The Morgan fingerprint density at radius 3 is 2.80 bits per heavy atom. The highest BCUT2D eigenvalue weighted by Gasteiger charge is 2.23. The number of rotatable bonds is 1. The second kappa shape index (κ2) is 7.19. The molecular formula is C13H15Br2N3O2. The van der Waals surface area contributed by atoms with Crippen molar-refractivity contribution in [2.24, 2.45) is 0 Å². The molecule has 1 aliphatic heterocycles. The van der Waals surface area contributed by atoms with Crippen LogP contribution >= 0.6 is 31.9 Å². The summed E-state index contributed by atoms with van der Waals surface area (Å²) in [6.07, 6.45) is 0.861. The number of nitrogens with one attached hydrogen (secondary N) is 2. The zero-order valence-electron chi connectivity index (χ0n) is 10.8. The maximum atomic E-state index is 12.1. The number of anilines is 1. The van der Waals surface area contributed by atoms with Crippen molar-refractivity contribution in [3.63, 3.8) is 0 Å². The van der Waals surface area contributed by atoms with Gasteiger partial charge in [0, 0.05) is 28.6 Å². The molecule has 1 aromatic rings. The normalized spacial score (nSPS) is 15.6. The Morgan fingerprint density at radius 1 is 1.20 bits per heavy atom. The number of nitrogens with zero attached hydrogens (tertiary/aromatic N) is 1. The molecule has 0 saturated carbocycles. The van der Waals surface area contributed by atoms with Crippen LogP contribution < -0.4 is 10.6 Å². The Bertz CT molecular complexity index is 514. The van der Waals surface area contributed by atoms with E-state index < -0.39 is 11.8 Å². The van der Waals surface area contributed by atoms with Gasteiger partial charge < -0.3 is 15.5 Å². The van der Waals surface area contributed by atoms with Gasteiger partial charge in [-0.3, -0.25) is 9.59 Å². The van der Waals surface area contributed by atoms with E-state index in [0.717, 1.165) is 28.5 Å².